The zero-order valence-electron chi connectivity index (χ0n) is 10.1. The average molecular weight is 229 g/mol. The first-order valence-electron chi connectivity index (χ1n) is 6.30. The van der Waals surface area contributed by atoms with Crippen molar-refractivity contribution in [3.05, 3.63) is 36.0 Å². The van der Waals surface area contributed by atoms with Crippen LogP contribution in [0.3, 0.4) is 0 Å². The molecule has 1 aliphatic heterocycles. The predicted octanol–water partition coefficient (Wildman–Crippen LogP) is 2.17. The van der Waals surface area contributed by atoms with Crippen LogP contribution in [0.25, 0.3) is 10.9 Å². The molecule has 2 aromatic rings. The molecule has 1 aliphatic rings. The maximum atomic E-state index is 5.99. The maximum Gasteiger partial charge on any atom is 0.0502 e. The third kappa shape index (κ3) is 1.85. The van der Waals surface area contributed by atoms with E-state index >= 15 is 0 Å². The van der Waals surface area contributed by atoms with Gasteiger partial charge in [-0.25, -0.2) is 0 Å². The Bertz CT molecular complexity index is 517. The van der Waals surface area contributed by atoms with Crippen molar-refractivity contribution in [1.29, 1.82) is 0 Å². The van der Waals surface area contributed by atoms with Crippen molar-refractivity contribution < 1.29 is 0 Å². The first-order chi connectivity index (χ1) is 8.25. The van der Waals surface area contributed by atoms with Crippen LogP contribution in [0.1, 0.15) is 24.9 Å². The van der Waals surface area contributed by atoms with E-state index < -0.39 is 0 Å². The van der Waals surface area contributed by atoms with Gasteiger partial charge < -0.3 is 16.0 Å². The van der Waals surface area contributed by atoms with E-state index in [1.54, 1.807) is 0 Å². The van der Waals surface area contributed by atoms with E-state index in [2.05, 4.69) is 41.5 Å². The molecule has 3 heteroatoms. The topological polar surface area (TPSA) is 53.8 Å². The Morgan fingerprint density at radius 3 is 3.00 bits per heavy atom. The lowest BCUT2D eigenvalue weighted by molar-refractivity contribution is 0.280. The van der Waals surface area contributed by atoms with Gasteiger partial charge in [0.25, 0.3) is 0 Å². The van der Waals surface area contributed by atoms with E-state index in [4.69, 9.17) is 5.73 Å². The molecule has 4 N–H and O–H groups in total. The van der Waals surface area contributed by atoms with Crippen LogP contribution in [0.5, 0.6) is 0 Å². The minimum Gasteiger partial charge on any atom is -0.361 e. The highest BCUT2D eigenvalue weighted by molar-refractivity contribution is 5.83. The zero-order valence-corrected chi connectivity index (χ0v) is 10.1. The van der Waals surface area contributed by atoms with Gasteiger partial charge in [0.05, 0.1) is 5.52 Å². The zero-order chi connectivity index (χ0) is 11.8. The molecule has 0 aliphatic carbocycles. The summed E-state index contributed by atoms with van der Waals surface area (Å²) < 4.78 is 0. The first-order valence-corrected chi connectivity index (χ1v) is 6.30. The number of para-hydroxylation sites is 1. The number of hydrogen-bond acceptors (Lipinski definition) is 2. The van der Waals surface area contributed by atoms with Crippen LogP contribution in [0.15, 0.2) is 30.5 Å². The number of H-pyrrole nitrogens is 1. The number of rotatable bonds is 1. The molecular formula is C14H19N3. The van der Waals surface area contributed by atoms with Gasteiger partial charge in [-0.15, -0.1) is 0 Å². The third-order valence-electron chi connectivity index (χ3n) is 3.80. The van der Waals surface area contributed by atoms with E-state index in [0.717, 1.165) is 13.0 Å². The number of hydrogen-bond donors (Lipinski definition) is 3. The van der Waals surface area contributed by atoms with Gasteiger partial charge in [0.15, 0.2) is 0 Å². The number of aromatic amines is 1. The van der Waals surface area contributed by atoms with Crippen LogP contribution < -0.4 is 11.1 Å². The lowest BCUT2D eigenvalue weighted by Crippen LogP contribution is -2.45. The molecule has 0 saturated carbocycles. The van der Waals surface area contributed by atoms with Crippen molar-refractivity contribution in [1.82, 2.24) is 10.3 Å². The highest BCUT2D eigenvalue weighted by Crippen LogP contribution is 2.32. The molecule has 3 unspecified atom stereocenters. The Labute approximate surface area is 101 Å². The average Bonchev–Trinajstić information content (AvgIpc) is 2.77. The SMILES string of the molecule is CC1CC(N)CNC1c1cccc2cc[nH]c12. The van der Waals surface area contributed by atoms with Gasteiger partial charge in [0.1, 0.15) is 0 Å². The fourth-order valence-corrected chi connectivity index (χ4v) is 2.96. The summed E-state index contributed by atoms with van der Waals surface area (Å²) in [6.07, 6.45) is 3.10. The van der Waals surface area contributed by atoms with E-state index in [1.165, 1.54) is 16.5 Å². The number of piperidine rings is 1. The van der Waals surface area contributed by atoms with E-state index in [-0.39, 0.29) is 0 Å². The quantitative estimate of drug-likeness (QED) is 0.702. The van der Waals surface area contributed by atoms with Crippen molar-refractivity contribution in [2.45, 2.75) is 25.4 Å². The summed E-state index contributed by atoms with van der Waals surface area (Å²) in [5.74, 6) is 0.577. The molecule has 1 fully saturated rings. The molecule has 0 amide bonds. The molecule has 3 atom stereocenters. The van der Waals surface area contributed by atoms with Gasteiger partial charge in [-0.2, -0.15) is 0 Å². The summed E-state index contributed by atoms with van der Waals surface area (Å²) in [4.78, 5) is 3.35. The van der Waals surface area contributed by atoms with Gasteiger partial charge in [0, 0.05) is 24.8 Å². The van der Waals surface area contributed by atoms with Gasteiger partial charge >= 0.3 is 0 Å². The molecule has 0 bridgehead atoms. The Morgan fingerprint density at radius 1 is 1.29 bits per heavy atom. The predicted molar refractivity (Wildman–Crippen MR) is 70.8 cm³/mol. The first kappa shape index (κ1) is 10.8. The molecule has 1 aromatic heterocycles. The summed E-state index contributed by atoms with van der Waals surface area (Å²) in [6.45, 7) is 3.19. The summed E-state index contributed by atoms with van der Waals surface area (Å²) in [7, 11) is 0. The molecule has 3 rings (SSSR count). The molecule has 90 valence electrons. The maximum absolute atomic E-state index is 5.99. The smallest absolute Gasteiger partial charge is 0.0502 e. The van der Waals surface area contributed by atoms with Crippen LogP contribution in [0, 0.1) is 5.92 Å². The molecule has 2 heterocycles. The summed E-state index contributed by atoms with van der Waals surface area (Å²) in [6, 6.07) is 9.33. The van der Waals surface area contributed by atoms with Crippen molar-refractivity contribution in [2.75, 3.05) is 6.54 Å². The molecule has 3 nitrogen and oxygen atoms in total. The second kappa shape index (κ2) is 4.17. The van der Waals surface area contributed by atoms with Crippen LogP contribution in [-0.2, 0) is 0 Å². The largest absolute Gasteiger partial charge is 0.361 e. The van der Waals surface area contributed by atoms with Crippen molar-refractivity contribution in [3.8, 4) is 0 Å². The van der Waals surface area contributed by atoms with Gasteiger partial charge in [-0.3, -0.25) is 0 Å². The van der Waals surface area contributed by atoms with Crippen LogP contribution in [-0.4, -0.2) is 17.6 Å². The number of benzene rings is 1. The molecular weight excluding hydrogens is 210 g/mol. The Kier molecular flexibility index (Phi) is 2.65. The third-order valence-corrected chi connectivity index (χ3v) is 3.80. The second-order valence-corrected chi connectivity index (χ2v) is 5.15. The summed E-state index contributed by atoms with van der Waals surface area (Å²) in [5.41, 5.74) is 8.61. The minimum atomic E-state index is 0.295. The second-order valence-electron chi connectivity index (χ2n) is 5.15. The molecule has 1 saturated heterocycles. The van der Waals surface area contributed by atoms with Crippen molar-refractivity contribution in [3.63, 3.8) is 0 Å². The molecule has 0 radical (unpaired) electrons. The van der Waals surface area contributed by atoms with E-state index in [0.29, 0.717) is 18.0 Å². The number of nitrogens with one attached hydrogen (secondary N) is 2. The molecule has 1 aromatic carbocycles. The van der Waals surface area contributed by atoms with Crippen LogP contribution in [0.4, 0.5) is 0 Å². The normalized spacial score (nSPS) is 29.6. The van der Waals surface area contributed by atoms with Gasteiger partial charge in [-0.1, -0.05) is 25.1 Å². The standard InChI is InChI=1S/C14H19N3/c1-9-7-11(15)8-17-13(9)12-4-2-3-10-5-6-16-14(10)12/h2-6,9,11,13,16-17H,7-8,15H2,1H3. The number of nitrogens with two attached hydrogens (primary N) is 1. The van der Waals surface area contributed by atoms with Crippen molar-refractivity contribution >= 4 is 10.9 Å². The lowest BCUT2D eigenvalue weighted by atomic mass is 9.85. The summed E-state index contributed by atoms with van der Waals surface area (Å²) in [5, 5.41) is 4.86. The number of fused-ring (bicyclic) bond motifs is 1. The van der Waals surface area contributed by atoms with E-state index in [9.17, 15) is 0 Å². The van der Waals surface area contributed by atoms with Crippen molar-refractivity contribution in [2.24, 2.45) is 11.7 Å². The monoisotopic (exact) mass is 229 g/mol. The summed E-state index contributed by atoms with van der Waals surface area (Å²) >= 11 is 0. The van der Waals surface area contributed by atoms with Crippen LogP contribution in [0.2, 0.25) is 0 Å². The highest BCUT2D eigenvalue weighted by Gasteiger charge is 2.27. The highest BCUT2D eigenvalue weighted by atomic mass is 15.0. The Hall–Kier alpha value is -1.32. The molecule has 17 heavy (non-hydrogen) atoms. The Morgan fingerprint density at radius 2 is 2.18 bits per heavy atom. The van der Waals surface area contributed by atoms with Crippen LogP contribution >= 0.6 is 0 Å². The van der Waals surface area contributed by atoms with E-state index in [1.807, 2.05) is 6.20 Å². The Balaban J connectivity index is 2.00. The van der Waals surface area contributed by atoms with Gasteiger partial charge in [0.2, 0.25) is 0 Å². The molecule has 0 spiro atoms. The number of aromatic nitrogens is 1. The lowest BCUT2D eigenvalue weighted by Gasteiger charge is -2.34. The fraction of sp³-hybridized carbons (Fsp3) is 0.429. The fourth-order valence-electron chi connectivity index (χ4n) is 2.96. The minimum absolute atomic E-state index is 0.295. The van der Waals surface area contributed by atoms with Gasteiger partial charge in [-0.05, 0) is 29.4 Å².